The standard InChI is InChI=1S/C13H18F3N3O2S/c1-3-19-7-10(11(17-19)13(14,15)16)12(20)18-4-5-22(21)8-9(2)6-18/h7,9H,3-6,8H2,1-2H3/t9-,22+/m0/s1. The van der Waals surface area contributed by atoms with Crippen molar-refractivity contribution in [2.45, 2.75) is 26.6 Å². The molecule has 1 aliphatic heterocycles. The minimum atomic E-state index is -4.67. The second kappa shape index (κ2) is 6.39. The molecule has 0 radical (unpaired) electrons. The number of hydrogen-bond acceptors (Lipinski definition) is 3. The van der Waals surface area contributed by atoms with Crippen molar-refractivity contribution in [2.24, 2.45) is 5.92 Å². The van der Waals surface area contributed by atoms with Gasteiger partial charge in [-0.05, 0) is 12.8 Å². The van der Waals surface area contributed by atoms with Gasteiger partial charge in [0.05, 0.1) is 5.56 Å². The topological polar surface area (TPSA) is 55.2 Å². The monoisotopic (exact) mass is 337 g/mol. The molecule has 1 amide bonds. The van der Waals surface area contributed by atoms with E-state index >= 15 is 0 Å². The van der Waals surface area contributed by atoms with Gasteiger partial charge in [-0.15, -0.1) is 0 Å². The molecule has 2 atom stereocenters. The molecule has 2 rings (SSSR count). The number of nitrogens with zero attached hydrogens (tertiary/aromatic N) is 3. The minimum absolute atomic E-state index is 0.0113. The van der Waals surface area contributed by atoms with E-state index in [1.807, 2.05) is 6.92 Å². The predicted octanol–water partition coefficient (Wildman–Crippen LogP) is 1.76. The van der Waals surface area contributed by atoms with Gasteiger partial charge in [0.1, 0.15) is 0 Å². The molecule has 9 heteroatoms. The van der Waals surface area contributed by atoms with Crippen molar-refractivity contribution in [1.29, 1.82) is 0 Å². The summed E-state index contributed by atoms with van der Waals surface area (Å²) in [7, 11) is -1.04. The Morgan fingerprint density at radius 3 is 2.77 bits per heavy atom. The zero-order valence-electron chi connectivity index (χ0n) is 12.4. The Kier molecular flexibility index (Phi) is 4.93. The van der Waals surface area contributed by atoms with Gasteiger partial charge in [-0.1, -0.05) is 6.92 Å². The quantitative estimate of drug-likeness (QED) is 0.826. The third-order valence-electron chi connectivity index (χ3n) is 3.46. The molecule has 0 aromatic carbocycles. The number of carbonyl (C=O) groups is 1. The zero-order chi connectivity index (χ0) is 16.5. The Morgan fingerprint density at radius 1 is 1.50 bits per heavy atom. The fourth-order valence-corrected chi connectivity index (χ4v) is 3.77. The summed E-state index contributed by atoms with van der Waals surface area (Å²) in [5.74, 6) is 0.0457. The molecule has 1 aromatic heterocycles. The summed E-state index contributed by atoms with van der Waals surface area (Å²) in [5.41, 5.74) is -1.59. The van der Waals surface area contributed by atoms with Crippen molar-refractivity contribution in [3.8, 4) is 0 Å². The molecule has 0 N–H and O–H groups in total. The maximum absolute atomic E-state index is 13.0. The predicted molar refractivity (Wildman–Crippen MR) is 75.8 cm³/mol. The molecule has 0 unspecified atom stereocenters. The van der Waals surface area contributed by atoms with Crippen LogP contribution in [0.15, 0.2) is 6.20 Å². The van der Waals surface area contributed by atoms with Gasteiger partial charge in [-0.3, -0.25) is 13.7 Å². The Hall–Kier alpha value is -1.38. The Bertz CT molecular complexity index is 586. The van der Waals surface area contributed by atoms with Crippen molar-refractivity contribution in [3.05, 3.63) is 17.5 Å². The number of amides is 1. The van der Waals surface area contributed by atoms with Crippen molar-refractivity contribution in [2.75, 3.05) is 24.6 Å². The number of alkyl halides is 3. The highest BCUT2D eigenvalue weighted by atomic mass is 32.2. The lowest BCUT2D eigenvalue weighted by atomic mass is 10.1. The van der Waals surface area contributed by atoms with Crippen LogP contribution >= 0.6 is 0 Å². The van der Waals surface area contributed by atoms with Crippen LogP contribution in [0.1, 0.15) is 29.9 Å². The molecule has 0 bridgehead atoms. The van der Waals surface area contributed by atoms with Crippen LogP contribution in [0, 0.1) is 5.92 Å². The van der Waals surface area contributed by atoms with E-state index in [0.29, 0.717) is 18.1 Å². The largest absolute Gasteiger partial charge is 0.435 e. The number of halogens is 3. The first-order valence-corrected chi connectivity index (χ1v) is 8.50. The minimum Gasteiger partial charge on any atom is -0.337 e. The number of rotatable bonds is 2. The molecular weight excluding hydrogens is 319 g/mol. The van der Waals surface area contributed by atoms with Gasteiger partial charge in [0, 0.05) is 48.1 Å². The van der Waals surface area contributed by atoms with Crippen molar-refractivity contribution in [1.82, 2.24) is 14.7 Å². The number of aryl methyl sites for hydroxylation is 1. The van der Waals surface area contributed by atoms with Crippen LogP contribution in [-0.2, 0) is 23.5 Å². The molecule has 1 saturated heterocycles. The number of carbonyl (C=O) groups excluding carboxylic acids is 1. The Balaban J connectivity index is 2.32. The zero-order valence-corrected chi connectivity index (χ0v) is 13.2. The summed E-state index contributed by atoms with van der Waals surface area (Å²) in [6.45, 7) is 4.24. The van der Waals surface area contributed by atoms with Crippen LogP contribution in [0.4, 0.5) is 13.2 Å². The third kappa shape index (κ3) is 3.68. The lowest BCUT2D eigenvalue weighted by molar-refractivity contribution is -0.141. The summed E-state index contributed by atoms with van der Waals surface area (Å²) < 4.78 is 51.9. The normalized spacial score (nSPS) is 23.4. The lowest BCUT2D eigenvalue weighted by Gasteiger charge is -2.22. The van der Waals surface area contributed by atoms with Crippen LogP contribution in [0.2, 0.25) is 0 Å². The summed E-state index contributed by atoms with van der Waals surface area (Å²) in [4.78, 5) is 13.8. The van der Waals surface area contributed by atoms with Gasteiger partial charge in [-0.2, -0.15) is 18.3 Å². The molecule has 124 valence electrons. The average Bonchev–Trinajstić information content (AvgIpc) is 2.79. The van der Waals surface area contributed by atoms with Gasteiger partial charge in [0.25, 0.3) is 5.91 Å². The first-order valence-electron chi connectivity index (χ1n) is 7.01. The second-order valence-electron chi connectivity index (χ2n) is 5.41. The van der Waals surface area contributed by atoms with Crippen LogP contribution in [0.3, 0.4) is 0 Å². The summed E-state index contributed by atoms with van der Waals surface area (Å²) in [5, 5.41) is 3.46. The molecule has 1 aromatic rings. The molecule has 0 aliphatic carbocycles. The molecule has 2 heterocycles. The Labute approximate surface area is 128 Å². The van der Waals surface area contributed by atoms with E-state index in [0.717, 1.165) is 10.9 Å². The smallest absolute Gasteiger partial charge is 0.337 e. The van der Waals surface area contributed by atoms with Gasteiger partial charge in [0.2, 0.25) is 0 Å². The van der Waals surface area contributed by atoms with E-state index in [9.17, 15) is 22.2 Å². The van der Waals surface area contributed by atoms with E-state index in [4.69, 9.17) is 0 Å². The van der Waals surface area contributed by atoms with E-state index in [2.05, 4.69) is 5.10 Å². The van der Waals surface area contributed by atoms with Crippen molar-refractivity contribution < 1.29 is 22.2 Å². The van der Waals surface area contributed by atoms with Crippen LogP contribution in [0.25, 0.3) is 0 Å². The highest BCUT2D eigenvalue weighted by Gasteiger charge is 2.40. The maximum Gasteiger partial charge on any atom is 0.435 e. The van der Waals surface area contributed by atoms with E-state index < -0.39 is 34.1 Å². The SMILES string of the molecule is CCn1cc(C(=O)N2CC[S@@](=O)C[C@@H](C)C2)c(C(F)(F)F)n1. The Morgan fingerprint density at radius 2 is 2.18 bits per heavy atom. The number of hydrogen-bond donors (Lipinski definition) is 0. The molecule has 0 spiro atoms. The van der Waals surface area contributed by atoms with Crippen LogP contribution in [-0.4, -0.2) is 49.4 Å². The highest BCUT2D eigenvalue weighted by Crippen LogP contribution is 2.31. The van der Waals surface area contributed by atoms with Crippen molar-refractivity contribution in [3.63, 3.8) is 0 Å². The third-order valence-corrected chi connectivity index (χ3v) is 5.04. The van der Waals surface area contributed by atoms with Gasteiger partial charge in [0.15, 0.2) is 5.69 Å². The summed E-state index contributed by atoms with van der Waals surface area (Å²) in [6, 6.07) is 0. The van der Waals surface area contributed by atoms with Crippen molar-refractivity contribution >= 4 is 16.7 Å². The second-order valence-corrected chi connectivity index (χ2v) is 7.03. The van der Waals surface area contributed by atoms with Gasteiger partial charge in [-0.25, -0.2) is 0 Å². The van der Waals surface area contributed by atoms with Gasteiger partial charge >= 0.3 is 6.18 Å². The number of aromatic nitrogens is 2. The molecular formula is C13H18F3N3O2S. The lowest BCUT2D eigenvalue weighted by Crippen LogP contribution is -2.36. The van der Waals surface area contributed by atoms with E-state index in [1.165, 1.54) is 4.90 Å². The molecule has 1 fully saturated rings. The summed E-state index contributed by atoms with van der Waals surface area (Å²) in [6.07, 6.45) is -3.54. The maximum atomic E-state index is 13.0. The molecule has 5 nitrogen and oxygen atoms in total. The van der Waals surface area contributed by atoms with Gasteiger partial charge < -0.3 is 4.90 Å². The van der Waals surface area contributed by atoms with E-state index in [1.54, 1.807) is 6.92 Å². The first-order chi connectivity index (χ1) is 10.2. The highest BCUT2D eigenvalue weighted by molar-refractivity contribution is 7.85. The fraction of sp³-hybridized carbons (Fsp3) is 0.692. The fourth-order valence-electron chi connectivity index (χ4n) is 2.44. The van der Waals surface area contributed by atoms with Crippen LogP contribution < -0.4 is 0 Å². The molecule has 0 saturated carbocycles. The van der Waals surface area contributed by atoms with Crippen LogP contribution in [0.5, 0.6) is 0 Å². The summed E-state index contributed by atoms with van der Waals surface area (Å²) >= 11 is 0. The van der Waals surface area contributed by atoms with E-state index in [-0.39, 0.29) is 19.0 Å². The molecule has 1 aliphatic rings. The average molecular weight is 337 g/mol. The first kappa shape index (κ1) is 17.0. The molecule has 22 heavy (non-hydrogen) atoms.